The molecule has 0 aliphatic carbocycles. The SMILES string of the molecule is NC(=O)c1cnc2c(F)c(F)ccc2c1. The molecule has 0 spiro atoms. The summed E-state index contributed by atoms with van der Waals surface area (Å²) < 4.78 is 26.0. The van der Waals surface area contributed by atoms with Gasteiger partial charge in [-0.25, -0.2) is 8.78 Å². The molecule has 0 saturated heterocycles. The van der Waals surface area contributed by atoms with Gasteiger partial charge >= 0.3 is 0 Å². The number of benzene rings is 1. The highest BCUT2D eigenvalue weighted by Gasteiger charge is 2.09. The highest BCUT2D eigenvalue weighted by molar-refractivity contribution is 5.96. The lowest BCUT2D eigenvalue weighted by Gasteiger charge is -2.01. The molecular formula is C10H6F2N2O. The van der Waals surface area contributed by atoms with E-state index in [0.717, 1.165) is 12.3 Å². The molecule has 0 bridgehead atoms. The van der Waals surface area contributed by atoms with Gasteiger partial charge in [-0.05, 0) is 18.2 Å². The van der Waals surface area contributed by atoms with Gasteiger partial charge in [-0.1, -0.05) is 0 Å². The zero-order chi connectivity index (χ0) is 11.0. The van der Waals surface area contributed by atoms with Crippen LogP contribution in [0.3, 0.4) is 0 Å². The van der Waals surface area contributed by atoms with Crippen LogP contribution in [0.25, 0.3) is 10.9 Å². The van der Waals surface area contributed by atoms with Crippen LogP contribution in [0.4, 0.5) is 8.78 Å². The lowest BCUT2D eigenvalue weighted by atomic mass is 10.1. The smallest absolute Gasteiger partial charge is 0.250 e. The van der Waals surface area contributed by atoms with E-state index < -0.39 is 17.5 Å². The van der Waals surface area contributed by atoms with Gasteiger partial charge in [0, 0.05) is 11.6 Å². The predicted octanol–water partition coefficient (Wildman–Crippen LogP) is 1.61. The average molecular weight is 208 g/mol. The Kier molecular flexibility index (Phi) is 2.07. The van der Waals surface area contributed by atoms with Gasteiger partial charge in [0.2, 0.25) is 5.91 Å². The van der Waals surface area contributed by atoms with Gasteiger partial charge in [-0.2, -0.15) is 0 Å². The van der Waals surface area contributed by atoms with Crippen LogP contribution in [-0.4, -0.2) is 10.9 Å². The van der Waals surface area contributed by atoms with Gasteiger partial charge in [0.25, 0.3) is 0 Å². The Balaban J connectivity index is 2.75. The van der Waals surface area contributed by atoms with Crippen LogP contribution >= 0.6 is 0 Å². The summed E-state index contributed by atoms with van der Waals surface area (Å²) in [6.45, 7) is 0. The van der Waals surface area contributed by atoms with Gasteiger partial charge in [-0.15, -0.1) is 0 Å². The van der Waals surface area contributed by atoms with Crippen molar-refractivity contribution in [2.24, 2.45) is 5.73 Å². The van der Waals surface area contributed by atoms with E-state index in [-0.39, 0.29) is 11.1 Å². The Hall–Kier alpha value is -2.04. The largest absolute Gasteiger partial charge is 0.366 e. The predicted molar refractivity (Wildman–Crippen MR) is 50.2 cm³/mol. The summed E-state index contributed by atoms with van der Waals surface area (Å²) >= 11 is 0. The monoisotopic (exact) mass is 208 g/mol. The maximum atomic E-state index is 13.2. The van der Waals surface area contributed by atoms with E-state index in [1.165, 1.54) is 12.1 Å². The molecule has 0 aliphatic rings. The summed E-state index contributed by atoms with van der Waals surface area (Å²) in [6, 6.07) is 3.69. The number of aromatic nitrogens is 1. The molecule has 2 rings (SSSR count). The fourth-order valence-corrected chi connectivity index (χ4v) is 1.28. The summed E-state index contributed by atoms with van der Waals surface area (Å²) in [5.74, 6) is -2.65. The number of primary amides is 1. The average Bonchev–Trinajstić information content (AvgIpc) is 2.23. The molecule has 2 aromatic rings. The van der Waals surface area contributed by atoms with Gasteiger partial charge in [0.05, 0.1) is 5.56 Å². The fourth-order valence-electron chi connectivity index (χ4n) is 1.28. The summed E-state index contributed by atoms with van der Waals surface area (Å²) in [5, 5.41) is 0.338. The van der Waals surface area contributed by atoms with Crippen molar-refractivity contribution in [1.29, 1.82) is 0 Å². The van der Waals surface area contributed by atoms with Gasteiger partial charge in [-0.3, -0.25) is 9.78 Å². The highest BCUT2D eigenvalue weighted by atomic mass is 19.2. The van der Waals surface area contributed by atoms with Crippen LogP contribution in [0.1, 0.15) is 10.4 Å². The summed E-state index contributed by atoms with van der Waals surface area (Å²) in [4.78, 5) is 14.5. The minimum atomic E-state index is -1.02. The van der Waals surface area contributed by atoms with Crippen molar-refractivity contribution >= 4 is 16.8 Å². The molecule has 1 aromatic heterocycles. The fraction of sp³-hybridized carbons (Fsp3) is 0. The first-order chi connectivity index (χ1) is 7.09. The van der Waals surface area contributed by atoms with E-state index in [0.29, 0.717) is 5.39 Å². The third kappa shape index (κ3) is 1.52. The Morgan fingerprint density at radius 3 is 2.73 bits per heavy atom. The van der Waals surface area contributed by atoms with Gasteiger partial charge in [0.1, 0.15) is 5.52 Å². The van der Waals surface area contributed by atoms with Crippen molar-refractivity contribution in [2.45, 2.75) is 0 Å². The lowest BCUT2D eigenvalue weighted by Crippen LogP contribution is -2.11. The van der Waals surface area contributed by atoms with Crippen LogP contribution in [0, 0.1) is 11.6 Å². The maximum absolute atomic E-state index is 13.2. The van der Waals surface area contributed by atoms with Crippen molar-refractivity contribution < 1.29 is 13.6 Å². The topological polar surface area (TPSA) is 56.0 Å². The first kappa shape index (κ1) is 9.51. The first-order valence-electron chi connectivity index (χ1n) is 4.13. The number of fused-ring (bicyclic) bond motifs is 1. The van der Waals surface area contributed by atoms with E-state index >= 15 is 0 Å². The molecule has 0 fully saturated rings. The second-order valence-electron chi connectivity index (χ2n) is 3.02. The molecule has 3 nitrogen and oxygen atoms in total. The number of halogens is 2. The molecule has 2 N–H and O–H groups in total. The number of nitrogens with zero attached hydrogens (tertiary/aromatic N) is 1. The minimum Gasteiger partial charge on any atom is -0.366 e. The quantitative estimate of drug-likeness (QED) is 0.774. The maximum Gasteiger partial charge on any atom is 0.250 e. The first-order valence-corrected chi connectivity index (χ1v) is 4.13. The Labute approximate surface area is 83.5 Å². The molecule has 0 unspecified atom stereocenters. The normalized spacial score (nSPS) is 10.5. The number of hydrogen-bond acceptors (Lipinski definition) is 2. The third-order valence-electron chi connectivity index (χ3n) is 2.03. The van der Waals surface area contributed by atoms with E-state index in [1.54, 1.807) is 0 Å². The molecule has 5 heteroatoms. The second kappa shape index (κ2) is 3.27. The highest BCUT2D eigenvalue weighted by Crippen LogP contribution is 2.18. The van der Waals surface area contributed by atoms with Crippen LogP contribution < -0.4 is 5.73 Å². The molecule has 15 heavy (non-hydrogen) atoms. The molecule has 76 valence electrons. The Bertz CT molecular complexity index is 554. The van der Waals surface area contributed by atoms with Crippen molar-refractivity contribution in [1.82, 2.24) is 4.98 Å². The van der Waals surface area contributed by atoms with Crippen molar-refractivity contribution in [3.8, 4) is 0 Å². The molecule has 0 atom stereocenters. The number of carbonyl (C=O) groups is 1. The standard InChI is InChI=1S/C10H6F2N2O/c11-7-2-1-5-3-6(10(13)15)4-14-9(5)8(7)12/h1-4H,(H2,13,15). The summed E-state index contributed by atoms with van der Waals surface area (Å²) in [7, 11) is 0. The molecule has 1 aromatic carbocycles. The molecular weight excluding hydrogens is 202 g/mol. The summed E-state index contributed by atoms with van der Waals surface area (Å²) in [5.41, 5.74) is 5.08. The van der Waals surface area contributed by atoms with Crippen molar-refractivity contribution in [2.75, 3.05) is 0 Å². The van der Waals surface area contributed by atoms with Gasteiger partial charge in [0.15, 0.2) is 11.6 Å². The number of rotatable bonds is 1. The van der Waals surface area contributed by atoms with Crippen LogP contribution in [0.2, 0.25) is 0 Å². The number of carbonyl (C=O) groups excluding carboxylic acids is 1. The van der Waals surface area contributed by atoms with Crippen LogP contribution in [0.5, 0.6) is 0 Å². The molecule has 1 heterocycles. The van der Waals surface area contributed by atoms with Gasteiger partial charge < -0.3 is 5.73 Å². The Morgan fingerprint density at radius 1 is 1.33 bits per heavy atom. The van der Waals surface area contributed by atoms with Crippen LogP contribution in [-0.2, 0) is 0 Å². The molecule has 1 amide bonds. The molecule has 0 aliphatic heterocycles. The van der Waals surface area contributed by atoms with Crippen molar-refractivity contribution in [3.05, 3.63) is 41.6 Å². The molecule has 0 saturated carbocycles. The second-order valence-corrected chi connectivity index (χ2v) is 3.02. The minimum absolute atomic E-state index is 0.111. The third-order valence-corrected chi connectivity index (χ3v) is 2.03. The number of hydrogen-bond donors (Lipinski definition) is 1. The number of amides is 1. The zero-order valence-corrected chi connectivity index (χ0v) is 7.50. The molecule has 0 radical (unpaired) electrons. The van der Waals surface area contributed by atoms with E-state index in [9.17, 15) is 13.6 Å². The van der Waals surface area contributed by atoms with Crippen LogP contribution in [0.15, 0.2) is 24.4 Å². The number of nitrogens with two attached hydrogens (primary N) is 1. The summed E-state index contributed by atoms with van der Waals surface area (Å²) in [6.07, 6.45) is 1.12. The van der Waals surface area contributed by atoms with E-state index in [1.807, 2.05) is 0 Å². The lowest BCUT2D eigenvalue weighted by molar-refractivity contribution is 0.1000. The van der Waals surface area contributed by atoms with Crippen molar-refractivity contribution in [3.63, 3.8) is 0 Å². The Morgan fingerprint density at radius 2 is 2.07 bits per heavy atom. The zero-order valence-electron chi connectivity index (χ0n) is 7.50. The van der Waals surface area contributed by atoms with E-state index in [2.05, 4.69) is 4.98 Å². The number of pyridine rings is 1. The van der Waals surface area contributed by atoms with E-state index in [4.69, 9.17) is 5.73 Å².